The van der Waals surface area contributed by atoms with Crippen molar-refractivity contribution in [2.75, 3.05) is 29.8 Å². The lowest BCUT2D eigenvalue weighted by molar-refractivity contribution is -0.142. The fraction of sp³-hybridized carbons (Fsp3) is 0.769. The summed E-state index contributed by atoms with van der Waals surface area (Å²) in [5.74, 6) is -0.645. The number of carbonyl (C=O) groups is 3. The first-order chi connectivity index (χ1) is 10.9. The molecule has 0 unspecified atom stereocenters. The van der Waals surface area contributed by atoms with Crippen molar-refractivity contribution in [1.82, 2.24) is 10.6 Å². The van der Waals surface area contributed by atoms with Gasteiger partial charge < -0.3 is 21.5 Å². The summed E-state index contributed by atoms with van der Waals surface area (Å²) in [5, 5.41) is 14.2. The van der Waals surface area contributed by atoms with E-state index in [1.54, 1.807) is 0 Å². The highest BCUT2D eigenvalue weighted by atomic mass is 32.2. The average Bonchev–Trinajstić information content (AvgIpc) is 2.53. The van der Waals surface area contributed by atoms with Gasteiger partial charge in [0.15, 0.2) is 0 Å². The number of carboxylic acids is 1. The molecule has 0 bridgehead atoms. The highest BCUT2D eigenvalue weighted by molar-refractivity contribution is 7.98. The maximum Gasteiger partial charge on any atom is 0.326 e. The summed E-state index contributed by atoms with van der Waals surface area (Å²) < 4.78 is 0. The lowest BCUT2D eigenvalue weighted by atomic mass is 10.1. The first-order valence-electron chi connectivity index (χ1n) is 7.05. The Morgan fingerprint density at radius 1 is 1.04 bits per heavy atom. The molecule has 5 N–H and O–H groups in total. The molecule has 23 heavy (non-hydrogen) atoms. The molecule has 0 aromatic rings. The third kappa shape index (κ3) is 9.33. The molecule has 134 valence electrons. The summed E-state index contributed by atoms with van der Waals surface area (Å²) in [5.41, 5.74) is 5.59. The smallest absolute Gasteiger partial charge is 0.326 e. The molecule has 0 aliphatic rings. The lowest BCUT2D eigenvalue weighted by Crippen LogP contribution is -2.55. The second-order valence-electron chi connectivity index (χ2n) is 4.81. The van der Waals surface area contributed by atoms with E-state index in [9.17, 15) is 14.4 Å². The highest BCUT2D eigenvalue weighted by Crippen LogP contribution is 2.05. The van der Waals surface area contributed by atoms with Crippen molar-refractivity contribution in [3.8, 4) is 0 Å². The molecule has 0 aromatic carbocycles. The predicted octanol–water partition coefficient (Wildman–Crippen LogP) is -0.196. The van der Waals surface area contributed by atoms with Crippen molar-refractivity contribution in [3.05, 3.63) is 0 Å². The van der Waals surface area contributed by atoms with Crippen LogP contribution in [0.15, 0.2) is 0 Å². The number of rotatable bonds is 12. The summed E-state index contributed by atoms with van der Waals surface area (Å²) in [7, 11) is 0. The third-order valence-corrected chi connectivity index (χ3v) is 4.68. The molecule has 0 aliphatic carbocycles. The Hall–Kier alpha value is -0.580. The van der Waals surface area contributed by atoms with E-state index < -0.39 is 35.9 Å². The minimum atomic E-state index is -1.09. The molecule has 0 saturated heterocycles. The zero-order chi connectivity index (χ0) is 17.8. The van der Waals surface area contributed by atoms with Crippen molar-refractivity contribution in [2.24, 2.45) is 5.73 Å². The lowest BCUT2D eigenvalue weighted by Gasteiger charge is -2.22. The van der Waals surface area contributed by atoms with Crippen LogP contribution in [0.4, 0.5) is 0 Å². The van der Waals surface area contributed by atoms with Crippen LogP contribution in [-0.2, 0) is 14.4 Å². The Morgan fingerprint density at radius 2 is 1.52 bits per heavy atom. The SMILES string of the molecule is CSCC[C@H](NC(=O)[C@H](CCSC)NC(=O)[C@@H](N)CS)C(=O)O. The zero-order valence-electron chi connectivity index (χ0n) is 13.3. The van der Waals surface area contributed by atoms with Gasteiger partial charge >= 0.3 is 5.97 Å². The van der Waals surface area contributed by atoms with Crippen LogP contribution < -0.4 is 16.4 Å². The number of thioether (sulfide) groups is 2. The summed E-state index contributed by atoms with van der Waals surface area (Å²) >= 11 is 6.98. The molecule has 3 atom stereocenters. The fourth-order valence-electron chi connectivity index (χ4n) is 1.63. The van der Waals surface area contributed by atoms with E-state index >= 15 is 0 Å². The molecule has 0 aliphatic heterocycles. The molecule has 0 aromatic heterocycles. The predicted molar refractivity (Wildman–Crippen MR) is 99.3 cm³/mol. The van der Waals surface area contributed by atoms with E-state index in [0.717, 1.165) is 0 Å². The molecule has 0 saturated carbocycles. The number of carbonyl (C=O) groups excluding carboxylic acids is 2. The Bertz CT molecular complexity index is 399. The van der Waals surface area contributed by atoms with Crippen molar-refractivity contribution >= 4 is 53.9 Å². The molecule has 0 heterocycles. The molecule has 0 rings (SSSR count). The van der Waals surface area contributed by atoms with Crippen LogP contribution in [0.5, 0.6) is 0 Å². The maximum atomic E-state index is 12.3. The van der Waals surface area contributed by atoms with Gasteiger partial charge in [0.1, 0.15) is 12.1 Å². The van der Waals surface area contributed by atoms with Gasteiger partial charge in [-0.3, -0.25) is 9.59 Å². The monoisotopic (exact) mass is 383 g/mol. The van der Waals surface area contributed by atoms with Crippen LogP contribution in [0.1, 0.15) is 12.8 Å². The largest absolute Gasteiger partial charge is 0.480 e. The first-order valence-corrected chi connectivity index (χ1v) is 10.5. The molecule has 0 spiro atoms. The molecule has 10 heteroatoms. The molecule has 7 nitrogen and oxygen atoms in total. The minimum Gasteiger partial charge on any atom is -0.480 e. The normalized spacial score (nSPS) is 14.6. The van der Waals surface area contributed by atoms with E-state index in [-0.39, 0.29) is 5.75 Å². The standard InChI is InChI=1S/C13H25N3O4S3/c1-22-5-3-9(15-11(17)8(14)7-21)12(18)16-10(13(19)20)4-6-23-2/h8-10,21H,3-7,14H2,1-2H3,(H,15,17)(H,16,18)(H,19,20)/t8-,9-,10-/m0/s1. The van der Waals surface area contributed by atoms with Gasteiger partial charge in [0, 0.05) is 5.75 Å². The second-order valence-corrected chi connectivity index (χ2v) is 7.15. The van der Waals surface area contributed by atoms with Gasteiger partial charge in [-0.2, -0.15) is 36.2 Å². The van der Waals surface area contributed by atoms with Gasteiger partial charge in [-0.15, -0.1) is 0 Å². The van der Waals surface area contributed by atoms with Gasteiger partial charge in [0.25, 0.3) is 0 Å². The molecule has 0 radical (unpaired) electrons. The number of aliphatic carboxylic acids is 1. The number of hydrogen-bond donors (Lipinski definition) is 5. The molecular weight excluding hydrogens is 358 g/mol. The number of amides is 2. The summed E-state index contributed by atoms with van der Waals surface area (Å²) in [6.07, 6.45) is 4.46. The van der Waals surface area contributed by atoms with Crippen LogP contribution in [0.2, 0.25) is 0 Å². The van der Waals surface area contributed by atoms with Crippen molar-refractivity contribution in [2.45, 2.75) is 31.0 Å². The quantitative estimate of drug-likeness (QED) is 0.296. The topological polar surface area (TPSA) is 122 Å². The van der Waals surface area contributed by atoms with Crippen LogP contribution in [-0.4, -0.2) is 70.8 Å². The average molecular weight is 384 g/mol. The Labute approximate surface area is 150 Å². The van der Waals surface area contributed by atoms with Crippen LogP contribution in [0.3, 0.4) is 0 Å². The van der Waals surface area contributed by atoms with Crippen molar-refractivity contribution in [1.29, 1.82) is 0 Å². The van der Waals surface area contributed by atoms with E-state index in [2.05, 4.69) is 23.3 Å². The number of thiol groups is 1. The van der Waals surface area contributed by atoms with E-state index in [1.807, 2.05) is 12.5 Å². The van der Waals surface area contributed by atoms with Crippen LogP contribution >= 0.6 is 36.2 Å². The fourth-order valence-corrected chi connectivity index (χ4v) is 2.74. The van der Waals surface area contributed by atoms with Gasteiger partial charge in [0.2, 0.25) is 11.8 Å². The van der Waals surface area contributed by atoms with E-state index in [0.29, 0.717) is 24.3 Å². The van der Waals surface area contributed by atoms with Crippen molar-refractivity contribution < 1.29 is 19.5 Å². The highest BCUT2D eigenvalue weighted by Gasteiger charge is 2.27. The third-order valence-electron chi connectivity index (χ3n) is 3.00. The second kappa shape index (κ2) is 12.8. The van der Waals surface area contributed by atoms with Crippen LogP contribution in [0.25, 0.3) is 0 Å². The molecule has 0 fully saturated rings. The minimum absolute atomic E-state index is 0.161. The van der Waals surface area contributed by atoms with Crippen LogP contribution in [0, 0.1) is 0 Å². The van der Waals surface area contributed by atoms with E-state index in [4.69, 9.17) is 10.8 Å². The number of carboxylic acid groups (broad SMARTS) is 1. The maximum absolute atomic E-state index is 12.3. The van der Waals surface area contributed by atoms with Gasteiger partial charge in [-0.25, -0.2) is 4.79 Å². The number of nitrogens with two attached hydrogens (primary N) is 1. The first kappa shape index (κ1) is 22.4. The summed E-state index contributed by atoms with van der Waals surface area (Å²) in [4.78, 5) is 35.4. The van der Waals surface area contributed by atoms with E-state index in [1.165, 1.54) is 23.5 Å². The summed E-state index contributed by atoms with van der Waals surface area (Å²) in [6.45, 7) is 0. The zero-order valence-corrected chi connectivity index (χ0v) is 15.8. The molecular formula is C13H25N3O4S3. The number of hydrogen-bond acceptors (Lipinski definition) is 7. The Morgan fingerprint density at radius 3 is 1.96 bits per heavy atom. The van der Waals surface area contributed by atoms with Crippen molar-refractivity contribution in [3.63, 3.8) is 0 Å². The molecule has 2 amide bonds. The Balaban J connectivity index is 4.82. The Kier molecular flexibility index (Phi) is 12.5. The van der Waals surface area contributed by atoms with Gasteiger partial charge in [-0.1, -0.05) is 0 Å². The summed E-state index contributed by atoms with van der Waals surface area (Å²) in [6, 6.07) is -2.59. The number of nitrogens with one attached hydrogen (secondary N) is 2. The van der Waals surface area contributed by atoms with Gasteiger partial charge in [-0.05, 0) is 36.9 Å². The van der Waals surface area contributed by atoms with Gasteiger partial charge in [0.05, 0.1) is 6.04 Å².